The van der Waals surface area contributed by atoms with Crippen LogP contribution in [-0.4, -0.2) is 0 Å². The zero-order chi connectivity index (χ0) is 6.43. The summed E-state index contributed by atoms with van der Waals surface area (Å²) in [6.07, 6.45) is 6.13. The number of hydrogen-bond donors (Lipinski definition) is 0. The molecule has 0 saturated heterocycles. The molecule has 0 heteroatoms. The summed E-state index contributed by atoms with van der Waals surface area (Å²) in [5.74, 6) is 1.86. The summed E-state index contributed by atoms with van der Waals surface area (Å²) in [6, 6.07) is 0. The van der Waals surface area contributed by atoms with Crippen LogP contribution in [0.3, 0.4) is 0 Å². The van der Waals surface area contributed by atoms with Gasteiger partial charge in [0, 0.05) is 0 Å². The van der Waals surface area contributed by atoms with Crippen LogP contribution in [0.5, 0.6) is 0 Å². The van der Waals surface area contributed by atoms with E-state index in [-0.39, 0.29) is 0 Å². The van der Waals surface area contributed by atoms with E-state index in [1.165, 1.54) is 12.0 Å². The Hall–Kier alpha value is -0.520. The SMILES string of the molecule is CC1=C[C@H]2CC2C(C)=C1. The van der Waals surface area contributed by atoms with Crippen LogP contribution in [0.2, 0.25) is 0 Å². The molecule has 0 aliphatic heterocycles. The van der Waals surface area contributed by atoms with Crippen molar-refractivity contribution in [2.45, 2.75) is 20.3 Å². The Kier molecular flexibility index (Phi) is 0.879. The summed E-state index contributed by atoms with van der Waals surface area (Å²) in [7, 11) is 0. The van der Waals surface area contributed by atoms with Crippen molar-refractivity contribution in [1.29, 1.82) is 0 Å². The van der Waals surface area contributed by atoms with Gasteiger partial charge in [0.25, 0.3) is 0 Å². The maximum Gasteiger partial charge on any atom is -0.0134 e. The van der Waals surface area contributed by atoms with Gasteiger partial charge in [-0.25, -0.2) is 0 Å². The molecule has 1 fully saturated rings. The van der Waals surface area contributed by atoms with Crippen LogP contribution in [0.4, 0.5) is 0 Å². The minimum Gasteiger partial charge on any atom is -0.0779 e. The molecule has 0 heterocycles. The monoisotopic (exact) mass is 120 g/mol. The second-order valence-electron chi connectivity index (χ2n) is 3.31. The molecule has 2 aliphatic rings. The van der Waals surface area contributed by atoms with Crippen LogP contribution in [0.25, 0.3) is 0 Å². The standard InChI is InChI=1S/C9H12/c1-6-3-7(2)9-5-8(9)4-6/h3-4,8-9H,5H2,1-2H3/t8-,9?/m0/s1. The Balaban J connectivity index is 2.32. The molecule has 2 aliphatic carbocycles. The van der Waals surface area contributed by atoms with Gasteiger partial charge in [0.1, 0.15) is 0 Å². The average Bonchev–Trinajstić information content (AvgIpc) is 2.43. The van der Waals surface area contributed by atoms with E-state index in [1.54, 1.807) is 5.57 Å². The van der Waals surface area contributed by atoms with E-state index in [2.05, 4.69) is 26.0 Å². The second-order valence-corrected chi connectivity index (χ2v) is 3.31. The van der Waals surface area contributed by atoms with E-state index >= 15 is 0 Å². The van der Waals surface area contributed by atoms with Crippen molar-refractivity contribution in [2.24, 2.45) is 11.8 Å². The van der Waals surface area contributed by atoms with Crippen LogP contribution in [-0.2, 0) is 0 Å². The van der Waals surface area contributed by atoms with Crippen LogP contribution < -0.4 is 0 Å². The summed E-state index contributed by atoms with van der Waals surface area (Å²) in [5, 5.41) is 0. The average molecular weight is 120 g/mol. The highest BCUT2D eigenvalue weighted by molar-refractivity contribution is 5.34. The maximum absolute atomic E-state index is 2.40. The molecule has 0 radical (unpaired) electrons. The lowest BCUT2D eigenvalue weighted by Crippen LogP contribution is -1.89. The predicted molar refractivity (Wildman–Crippen MR) is 39.1 cm³/mol. The van der Waals surface area contributed by atoms with Crippen LogP contribution >= 0.6 is 0 Å². The molecule has 0 spiro atoms. The quantitative estimate of drug-likeness (QED) is 0.461. The van der Waals surface area contributed by atoms with Gasteiger partial charge in [0.15, 0.2) is 0 Å². The molecule has 2 rings (SSSR count). The maximum atomic E-state index is 2.40. The Morgan fingerprint density at radius 2 is 2.22 bits per heavy atom. The Morgan fingerprint density at radius 1 is 1.44 bits per heavy atom. The van der Waals surface area contributed by atoms with E-state index in [4.69, 9.17) is 0 Å². The minimum atomic E-state index is 0.926. The van der Waals surface area contributed by atoms with E-state index in [0.717, 1.165) is 11.8 Å². The van der Waals surface area contributed by atoms with E-state index in [9.17, 15) is 0 Å². The molecular weight excluding hydrogens is 108 g/mol. The van der Waals surface area contributed by atoms with E-state index < -0.39 is 0 Å². The first kappa shape index (κ1) is 5.28. The van der Waals surface area contributed by atoms with Crippen LogP contribution in [0.15, 0.2) is 23.3 Å². The Morgan fingerprint density at radius 3 is 2.89 bits per heavy atom. The lowest BCUT2D eigenvalue weighted by atomic mass is 10.0. The third-order valence-electron chi connectivity index (χ3n) is 2.36. The minimum absolute atomic E-state index is 0.926. The van der Waals surface area contributed by atoms with Crippen molar-refractivity contribution in [1.82, 2.24) is 0 Å². The van der Waals surface area contributed by atoms with Gasteiger partial charge in [0.2, 0.25) is 0 Å². The molecule has 0 aromatic rings. The molecule has 2 atom stereocenters. The Bertz CT molecular complexity index is 196. The van der Waals surface area contributed by atoms with Crippen LogP contribution in [0, 0.1) is 11.8 Å². The van der Waals surface area contributed by atoms with Gasteiger partial charge in [-0.2, -0.15) is 0 Å². The molecule has 1 saturated carbocycles. The van der Waals surface area contributed by atoms with Crippen molar-refractivity contribution in [3.05, 3.63) is 23.3 Å². The third-order valence-corrected chi connectivity index (χ3v) is 2.36. The Labute approximate surface area is 56.3 Å². The second kappa shape index (κ2) is 1.50. The smallest absolute Gasteiger partial charge is 0.0134 e. The topological polar surface area (TPSA) is 0 Å². The third kappa shape index (κ3) is 0.735. The van der Waals surface area contributed by atoms with Crippen molar-refractivity contribution in [3.8, 4) is 0 Å². The number of hydrogen-bond acceptors (Lipinski definition) is 0. The van der Waals surface area contributed by atoms with Gasteiger partial charge in [-0.1, -0.05) is 23.3 Å². The van der Waals surface area contributed by atoms with Gasteiger partial charge in [-0.05, 0) is 32.1 Å². The van der Waals surface area contributed by atoms with Crippen molar-refractivity contribution in [2.75, 3.05) is 0 Å². The fraction of sp³-hybridized carbons (Fsp3) is 0.556. The zero-order valence-corrected chi connectivity index (χ0v) is 6.02. The summed E-state index contributed by atoms with van der Waals surface area (Å²) in [4.78, 5) is 0. The summed E-state index contributed by atoms with van der Waals surface area (Å²) < 4.78 is 0. The highest BCUT2D eigenvalue weighted by Crippen LogP contribution is 2.48. The van der Waals surface area contributed by atoms with Gasteiger partial charge in [0.05, 0.1) is 0 Å². The normalized spacial score (nSPS) is 38.9. The fourth-order valence-electron chi connectivity index (χ4n) is 1.77. The molecule has 0 amide bonds. The van der Waals surface area contributed by atoms with Gasteiger partial charge >= 0.3 is 0 Å². The molecule has 9 heavy (non-hydrogen) atoms. The summed E-state index contributed by atoms with van der Waals surface area (Å²) in [5.41, 5.74) is 3.06. The predicted octanol–water partition coefficient (Wildman–Crippen LogP) is 2.53. The zero-order valence-electron chi connectivity index (χ0n) is 6.02. The van der Waals surface area contributed by atoms with Crippen molar-refractivity contribution < 1.29 is 0 Å². The molecule has 0 aromatic heterocycles. The molecule has 48 valence electrons. The highest BCUT2D eigenvalue weighted by atomic mass is 14.4. The number of allylic oxidation sites excluding steroid dienone is 4. The summed E-state index contributed by atoms with van der Waals surface area (Å²) in [6.45, 7) is 4.44. The number of fused-ring (bicyclic) bond motifs is 1. The van der Waals surface area contributed by atoms with E-state index in [1.807, 2.05) is 0 Å². The lowest BCUT2D eigenvalue weighted by Gasteiger charge is -2.04. The first-order valence-electron chi connectivity index (χ1n) is 3.64. The van der Waals surface area contributed by atoms with Gasteiger partial charge in [-0.15, -0.1) is 0 Å². The fourth-order valence-corrected chi connectivity index (χ4v) is 1.77. The molecule has 0 aromatic carbocycles. The first-order chi connectivity index (χ1) is 4.27. The summed E-state index contributed by atoms with van der Waals surface area (Å²) >= 11 is 0. The molecular formula is C9H12. The largest absolute Gasteiger partial charge is 0.0779 e. The molecule has 0 N–H and O–H groups in total. The van der Waals surface area contributed by atoms with E-state index in [0.29, 0.717) is 0 Å². The lowest BCUT2D eigenvalue weighted by molar-refractivity contribution is 0.896. The van der Waals surface area contributed by atoms with Gasteiger partial charge < -0.3 is 0 Å². The van der Waals surface area contributed by atoms with Crippen LogP contribution in [0.1, 0.15) is 20.3 Å². The molecule has 0 nitrogen and oxygen atoms in total. The molecule has 1 unspecified atom stereocenters. The first-order valence-corrected chi connectivity index (χ1v) is 3.64. The number of rotatable bonds is 0. The van der Waals surface area contributed by atoms with Crippen molar-refractivity contribution in [3.63, 3.8) is 0 Å². The van der Waals surface area contributed by atoms with Gasteiger partial charge in [-0.3, -0.25) is 0 Å². The molecule has 0 bridgehead atoms. The highest BCUT2D eigenvalue weighted by Gasteiger charge is 2.37. The van der Waals surface area contributed by atoms with Crippen molar-refractivity contribution >= 4 is 0 Å².